The summed E-state index contributed by atoms with van der Waals surface area (Å²) in [7, 11) is 12.7. The zero-order chi connectivity index (χ0) is 94.2. The third kappa shape index (κ3) is 24.4. The van der Waals surface area contributed by atoms with E-state index in [0.717, 1.165) is 0 Å². The number of nitrogens with zero attached hydrogens (tertiary/aromatic N) is 12. The molecule has 12 aromatic rings. The highest BCUT2D eigenvalue weighted by molar-refractivity contribution is 6.07. The summed E-state index contributed by atoms with van der Waals surface area (Å²) >= 11 is 0. The number of aromatic nitrogens is 13. The van der Waals surface area contributed by atoms with E-state index in [1.807, 2.05) is 0 Å². The first-order valence-electron chi connectivity index (χ1n) is 41.3. The van der Waals surface area contributed by atoms with Gasteiger partial charge in [0.15, 0.2) is 23.3 Å². The number of halogens is 1. The van der Waals surface area contributed by atoms with Gasteiger partial charge >= 0.3 is 0 Å². The minimum atomic E-state index is -1.23. The van der Waals surface area contributed by atoms with Gasteiger partial charge in [-0.25, -0.2) is 24.3 Å². The standard InChI is InChI=1S/C88H100FN25O17/c1-49-34-52(89)35-50(2)75(49)131-65-20-15-51(88(3,4)128)36-59(65)61-45-114(12)87(127)74-60(61)37-54(98-74)41-73(119)96-53-16-18-58(19-17-53)130-33-32-129-31-29-90-69(115)21-25-94-84(124)78-105-68(48-112(78)10)106-82(122)64-38-55(42-110(64)8)97-71(117)22-27-95-83(123)77-103-66(46-111(77)9)101-70(116)14-13-24-92-80(120)62-40-57(44-108(62)6)100-86(126)79-104-67(47-113(79)11)102-72(118)23-26-93-81(121)63-39-56(43-109(63)7)99-85(125)76-91-28-30-107(76)5/h15-20,28,30,34-40,42-48,98,128H,13-14,21-27,29,31-33,41H2,1-12H3,(H,90,115)(H,92,120)(H,93,121)(H,94,124)(H,95,123)(H,96,119)(H,97,117)(H,99,125)(H,100,126)(H,101,116)(H,102,118)(H,106,122). The molecule has 0 saturated carbocycles. The fraction of sp³-hybridized carbons (Fsp3) is 0.307. The Kier molecular flexibility index (Phi) is 29.9. The fourth-order valence-electron chi connectivity index (χ4n) is 14.0. The number of carbonyl (C=O) groups is 12. The van der Waals surface area contributed by atoms with Crippen molar-refractivity contribution < 1.29 is 81.2 Å². The van der Waals surface area contributed by atoms with Crippen molar-refractivity contribution >= 4 is 122 Å². The molecule has 0 atom stereocenters. The number of H-pyrrole nitrogens is 1. The second-order valence-electron chi connectivity index (χ2n) is 31.4. The number of imidazole rings is 4. The highest BCUT2D eigenvalue weighted by Crippen LogP contribution is 2.41. The molecule has 3 aromatic carbocycles. The molecule has 0 radical (unpaired) electrons. The van der Waals surface area contributed by atoms with Crippen LogP contribution in [0.15, 0.2) is 139 Å². The molecule has 0 spiro atoms. The number of carbonyl (C=O) groups excluding carboxylic acids is 12. The smallest absolute Gasteiger partial charge is 0.291 e. The van der Waals surface area contributed by atoms with Gasteiger partial charge in [0.1, 0.15) is 52.3 Å². The van der Waals surface area contributed by atoms with Crippen molar-refractivity contribution in [2.75, 3.05) is 89.8 Å². The van der Waals surface area contributed by atoms with E-state index in [0.29, 0.717) is 67.5 Å². The molecule has 12 rings (SSSR count). The van der Waals surface area contributed by atoms with E-state index < -0.39 is 70.5 Å². The number of fused-ring (bicyclic) bond motifs is 1. The number of hydrogen-bond acceptors (Lipinski definition) is 21. The Hall–Kier alpha value is -16.1. The fourth-order valence-corrected chi connectivity index (χ4v) is 14.0. The summed E-state index contributed by atoms with van der Waals surface area (Å²) in [5.41, 5.74) is 4.01. The van der Waals surface area contributed by atoms with Crippen molar-refractivity contribution in [3.8, 4) is 28.4 Å². The number of hydrogen-bond donors (Lipinski definition) is 14. The van der Waals surface area contributed by atoms with Gasteiger partial charge < -0.3 is 125 Å². The number of aromatic amines is 1. The summed E-state index contributed by atoms with van der Waals surface area (Å²) in [5, 5.41) is 43.8. The maximum Gasteiger partial charge on any atom is 0.291 e. The number of nitrogens with one attached hydrogen (secondary N) is 13. The predicted octanol–water partition coefficient (Wildman–Crippen LogP) is 6.19. The van der Waals surface area contributed by atoms with Crippen molar-refractivity contribution in [3.05, 3.63) is 214 Å². The first-order chi connectivity index (χ1) is 62.4. The van der Waals surface area contributed by atoms with Gasteiger partial charge in [-0.15, -0.1) is 0 Å². The van der Waals surface area contributed by atoms with Crippen LogP contribution in [0.4, 0.5) is 44.6 Å². The number of pyridine rings is 1. The molecule has 131 heavy (non-hydrogen) atoms. The molecule has 0 saturated heterocycles. The molecule has 0 fully saturated rings. The van der Waals surface area contributed by atoms with Gasteiger partial charge in [-0.3, -0.25) is 62.3 Å². The number of anilines is 7. The van der Waals surface area contributed by atoms with Gasteiger partial charge in [0.25, 0.3) is 46.9 Å². The zero-order valence-corrected chi connectivity index (χ0v) is 73.8. The highest BCUT2D eigenvalue weighted by Gasteiger charge is 2.28. The van der Waals surface area contributed by atoms with Crippen molar-refractivity contribution in [1.82, 2.24) is 88.0 Å². The van der Waals surface area contributed by atoms with E-state index >= 15 is 0 Å². The van der Waals surface area contributed by atoms with Gasteiger partial charge in [0, 0.05) is 198 Å². The highest BCUT2D eigenvalue weighted by atomic mass is 19.1. The Morgan fingerprint density at radius 2 is 0.939 bits per heavy atom. The quantitative estimate of drug-likeness (QED) is 0.0190. The van der Waals surface area contributed by atoms with Crippen LogP contribution in [0.3, 0.4) is 0 Å². The van der Waals surface area contributed by atoms with Crippen LogP contribution in [0.5, 0.6) is 17.2 Å². The second kappa shape index (κ2) is 41.6. The molecule has 14 N–H and O–H groups in total. The largest absolute Gasteiger partial charge is 0.491 e. The Morgan fingerprint density at radius 1 is 0.443 bits per heavy atom. The summed E-state index contributed by atoms with van der Waals surface area (Å²) in [5.74, 6) is -4.92. The topological polar surface area (TPSA) is 521 Å². The number of benzene rings is 3. The minimum Gasteiger partial charge on any atom is -0.491 e. The second-order valence-corrected chi connectivity index (χ2v) is 31.4. The average molecular weight is 1800 g/mol. The van der Waals surface area contributed by atoms with Crippen molar-refractivity contribution in [2.24, 2.45) is 56.4 Å². The van der Waals surface area contributed by atoms with Gasteiger partial charge in [-0.2, -0.15) is 0 Å². The molecule has 0 aliphatic heterocycles. The van der Waals surface area contributed by atoms with Crippen LogP contribution in [0.25, 0.3) is 22.0 Å². The molecule has 43 heteroatoms. The number of aliphatic hydroxyl groups is 1. The third-order valence-corrected chi connectivity index (χ3v) is 20.5. The van der Waals surface area contributed by atoms with E-state index in [2.05, 4.69) is 88.7 Å². The van der Waals surface area contributed by atoms with E-state index in [-0.39, 0.29) is 183 Å². The molecular formula is C88H100FN25O17. The molecule has 9 aromatic heterocycles. The Morgan fingerprint density at radius 3 is 1.50 bits per heavy atom. The Labute approximate surface area is 747 Å². The molecule has 0 aliphatic carbocycles. The van der Waals surface area contributed by atoms with Crippen LogP contribution < -0.4 is 78.8 Å². The predicted molar refractivity (Wildman–Crippen MR) is 480 cm³/mol. The van der Waals surface area contributed by atoms with Crippen LogP contribution in [-0.4, -0.2) is 190 Å². The number of aryl methyl sites for hydroxylation is 10. The van der Waals surface area contributed by atoms with Crippen LogP contribution in [-0.2, 0) is 97.1 Å². The van der Waals surface area contributed by atoms with Gasteiger partial charge in [-0.1, -0.05) is 6.07 Å². The van der Waals surface area contributed by atoms with Crippen molar-refractivity contribution in [1.29, 1.82) is 0 Å². The van der Waals surface area contributed by atoms with Gasteiger partial charge in [-0.05, 0) is 124 Å². The first-order valence-corrected chi connectivity index (χ1v) is 41.3. The van der Waals surface area contributed by atoms with Gasteiger partial charge in [0.05, 0.1) is 42.3 Å². The summed E-state index contributed by atoms with van der Waals surface area (Å²) in [6, 6.07) is 20.8. The number of rotatable bonds is 40. The maximum atomic E-state index is 14.3. The lowest BCUT2D eigenvalue weighted by Gasteiger charge is -2.22. The van der Waals surface area contributed by atoms with Crippen molar-refractivity contribution in [2.45, 2.75) is 71.8 Å². The number of ether oxygens (including phenoxy) is 3. The Balaban J connectivity index is 0.489. The lowest BCUT2D eigenvalue weighted by atomic mass is 9.93. The summed E-state index contributed by atoms with van der Waals surface area (Å²) in [6.45, 7) is 7.43. The molecule has 0 unspecified atom stereocenters. The van der Waals surface area contributed by atoms with Crippen molar-refractivity contribution in [3.63, 3.8) is 0 Å². The lowest BCUT2D eigenvalue weighted by Crippen LogP contribution is -2.33. The van der Waals surface area contributed by atoms with E-state index in [9.17, 15) is 71.8 Å². The maximum absolute atomic E-state index is 14.3. The lowest BCUT2D eigenvalue weighted by molar-refractivity contribution is -0.121. The van der Waals surface area contributed by atoms with Crippen LogP contribution in [0.2, 0.25) is 0 Å². The molecule has 12 amide bonds. The Bertz CT molecular complexity index is 6420. The van der Waals surface area contributed by atoms with Crippen LogP contribution in [0, 0.1) is 19.7 Å². The monoisotopic (exact) mass is 1800 g/mol. The molecular weight excluding hydrogens is 1700 g/mol. The third-order valence-electron chi connectivity index (χ3n) is 20.5. The molecule has 0 bridgehead atoms. The zero-order valence-electron chi connectivity index (χ0n) is 73.8. The van der Waals surface area contributed by atoms with Gasteiger partial charge in [0.2, 0.25) is 47.0 Å². The normalized spacial score (nSPS) is 11.2. The van der Waals surface area contributed by atoms with E-state index in [4.69, 9.17) is 14.2 Å². The molecule has 42 nitrogen and oxygen atoms in total. The van der Waals surface area contributed by atoms with Crippen LogP contribution >= 0.6 is 0 Å². The molecule has 686 valence electrons. The average Bonchev–Trinajstić information content (AvgIpc) is 1.50. The van der Waals surface area contributed by atoms with E-state index in [1.165, 1.54) is 99.5 Å². The molecule has 9 heterocycles. The number of amides is 12. The molecule has 0 aliphatic rings. The van der Waals surface area contributed by atoms with E-state index in [1.54, 1.807) is 156 Å². The summed E-state index contributed by atoms with van der Waals surface area (Å²) in [6.07, 6.45) is 13.4. The summed E-state index contributed by atoms with van der Waals surface area (Å²) < 4.78 is 43.8. The van der Waals surface area contributed by atoms with Crippen LogP contribution in [0.1, 0.15) is 142 Å². The summed E-state index contributed by atoms with van der Waals surface area (Å²) in [4.78, 5) is 190. The minimum absolute atomic E-state index is 0.0337. The first kappa shape index (κ1) is 94.1. The SMILES string of the molecule is Cc1cc(F)cc(C)c1Oc1ccc(C(C)(C)O)cc1-c1cn(C)c(=O)c2[nH]c(CC(=O)Nc3ccc(OCCOCCNC(=O)CCNC(=O)c4nc(NC(=O)c5cc(NC(=O)CCNC(=O)c6nc(NC(=O)CCCNC(=O)c7cc(NC(=O)c8nc(NC(=O)CCNC(=O)c9cc(NC(=O)c%10nccn%10C)cn9C)cn8C)cn7C)cn6C)cn5C)cn4C)cc3)cc12.